The second kappa shape index (κ2) is 16.3. The first-order chi connectivity index (χ1) is 29.7. The Morgan fingerprint density at radius 2 is 1.68 bits per heavy atom. The maximum absolute atomic E-state index is 15.7. The first-order valence-electron chi connectivity index (χ1n) is 20.2. The molecule has 19 heteroatoms. The molecule has 3 amide bonds. The van der Waals surface area contributed by atoms with Gasteiger partial charge < -0.3 is 14.8 Å². The van der Waals surface area contributed by atoms with Gasteiger partial charge in [0.1, 0.15) is 29.5 Å². The number of piperazine rings is 1. The summed E-state index contributed by atoms with van der Waals surface area (Å²) in [7, 11) is -4.37. The molecule has 3 fully saturated rings. The molecule has 3 aromatic carbocycles. The number of aromatic amines is 1. The van der Waals surface area contributed by atoms with E-state index in [0.717, 1.165) is 40.5 Å². The molecule has 322 valence electrons. The van der Waals surface area contributed by atoms with E-state index in [0.29, 0.717) is 54.0 Å². The van der Waals surface area contributed by atoms with Crippen molar-refractivity contribution < 1.29 is 45.2 Å². The van der Waals surface area contributed by atoms with Gasteiger partial charge in [0.25, 0.3) is 5.91 Å². The molecule has 4 aliphatic rings. The largest absolute Gasteiger partial charge is 0.367 e. The highest BCUT2D eigenvalue weighted by Gasteiger charge is 2.40. The van der Waals surface area contributed by atoms with Gasteiger partial charge in [-0.1, -0.05) is 24.3 Å². The molecule has 14 nitrogen and oxygen atoms in total. The maximum atomic E-state index is 15.7. The average molecular weight is 873 g/mol. The Morgan fingerprint density at radius 1 is 0.903 bits per heavy atom. The van der Waals surface area contributed by atoms with Crippen LogP contribution < -0.4 is 14.9 Å². The van der Waals surface area contributed by atoms with Crippen molar-refractivity contribution in [1.82, 2.24) is 29.4 Å². The predicted octanol–water partition coefficient (Wildman–Crippen LogP) is 4.70. The lowest BCUT2D eigenvalue weighted by molar-refractivity contribution is -0.136. The van der Waals surface area contributed by atoms with Crippen LogP contribution in [0, 0.1) is 17.5 Å². The fourth-order valence-corrected chi connectivity index (χ4v) is 9.88. The third kappa shape index (κ3) is 7.79. The van der Waals surface area contributed by atoms with Crippen molar-refractivity contribution in [2.24, 2.45) is 0 Å². The van der Waals surface area contributed by atoms with Crippen LogP contribution in [0.25, 0.3) is 22.2 Å². The molecule has 0 radical (unpaired) electrons. The van der Waals surface area contributed by atoms with Gasteiger partial charge in [0.2, 0.25) is 17.6 Å². The van der Waals surface area contributed by atoms with Gasteiger partial charge in [-0.3, -0.25) is 34.1 Å². The molecule has 6 heterocycles. The van der Waals surface area contributed by atoms with Crippen LogP contribution in [0.2, 0.25) is 0 Å². The summed E-state index contributed by atoms with van der Waals surface area (Å²) in [6.07, 6.45) is 2.63. The van der Waals surface area contributed by atoms with E-state index in [-0.39, 0.29) is 49.4 Å². The summed E-state index contributed by atoms with van der Waals surface area (Å²) in [6, 6.07) is 13.3. The number of hydrogen-bond acceptors (Lipinski definition) is 9. The number of pyridine rings is 1. The Kier molecular flexibility index (Phi) is 10.8. The summed E-state index contributed by atoms with van der Waals surface area (Å²) >= 11 is 0. The standard InChI is InChI=1S/C43H40F4N8O6S/c44-28-10-12-54(23-28)62(60,61)51-34-6-5-32(45)38(39(34)47)40(57)31-21-49-41-30(31)17-26(20-48-41)25-3-1-24(2-4-25)9-11-52-13-15-53(16-14-52)36-18-27-22-55(43(59)29(27)19-33(36)46)35-7-8-37(56)50-42(35)58/h1-6,17-21,28,35,51H,7-16,22-23H2,(H,48,49)(H,50,56,58)/t28-,35?/m1/s1. The molecular formula is C43H40F4N8O6S. The first kappa shape index (κ1) is 41.2. The van der Waals surface area contributed by atoms with E-state index < -0.39 is 75.3 Å². The molecule has 3 N–H and O–H groups in total. The Labute approximate surface area is 353 Å². The van der Waals surface area contributed by atoms with Crippen LogP contribution in [0.1, 0.15) is 56.7 Å². The highest BCUT2D eigenvalue weighted by atomic mass is 32.2. The summed E-state index contributed by atoms with van der Waals surface area (Å²) in [5, 5.41) is 2.58. The number of carbonyl (C=O) groups excluding carboxylic acids is 4. The summed E-state index contributed by atoms with van der Waals surface area (Å²) in [6.45, 7) is 2.93. The van der Waals surface area contributed by atoms with Crippen LogP contribution in [0.3, 0.4) is 0 Å². The zero-order valence-electron chi connectivity index (χ0n) is 33.1. The second-order valence-electron chi connectivity index (χ2n) is 15.9. The molecule has 0 aliphatic carbocycles. The maximum Gasteiger partial charge on any atom is 0.301 e. The topological polar surface area (TPSA) is 168 Å². The number of H-pyrrole nitrogens is 1. The monoisotopic (exact) mass is 872 g/mol. The van der Waals surface area contributed by atoms with E-state index in [9.17, 15) is 32.0 Å². The number of nitrogens with one attached hydrogen (secondary N) is 3. The molecule has 0 bridgehead atoms. The number of anilines is 2. The van der Waals surface area contributed by atoms with Gasteiger partial charge >= 0.3 is 10.2 Å². The number of carbonyl (C=O) groups is 4. The highest BCUT2D eigenvalue weighted by Crippen LogP contribution is 2.34. The number of hydrogen-bond donors (Lipinski definition) is 3. The number of halogens is 4. The smallest absolute Gasteiger partial charge is 0.301 e. The van der Waals surface area contributed by atoms with Gasteiger partial charge in [0.05, 0.1) is 16.9 Å². The van der Waals surface area contributed by atoms with Gasteiger partial charge in [-0.2, -0.15) is 12.7 Å². The van der Waals surface area contributed by atoms with E-state index in [4.69, 9.17) is 0 Å². The predicted molar refractivity (Wildman–Crippen MR) is 220 cm³/mol. The van der Waals surface area contributed by atoms with Crippen molar-refractivity contribution in [1.29, 1.82) is 0 Å². The highest BCUT2D eigenvalue weighted by molar-refractivity contribution is 7.90. The number of amides is 3. The zero-order chi connectivity index (χ0) is 43.4. The minimum atomic E-state index is -4.37. The third-order valence-corrected chi connectivity index (χ3v) is 13.6. The Balaban J connectivity index is 0.823. The van der Waals surface area contributed by atoms with Crippen LogP contribution in [0.5, 0.6) is 0 Å². The van der Waals surface area contributed by atoms with Crippen LogP contribution in [-0.4, -0.2) is 114 Å². The van der Waals surface area contributed by atoms with E-state index in [2.05, 4.69) is 20.2 Å². The van der Waals surface area contributed by atoms with Crippen molar-refractivity contribution >= 4 is 56.1 Å². The molecule has 1 unspecified atom stereocenters. The summed E-state index contributed by atoms with van der Waals surface area (Å²) < 4.78 is 88.3. The molecular weight excluding hydrogens is 833 g/mol. The van der Waals surface area contributed by atoms with Gasteiger partial charge in [-0.15, -0.1) is 0 Å². The number of piperidine rings is 1. The normalized spacial score (nSPS) is 20.0. The quantitative estimate of drug-likeness (QED) is 0.0969. The van der Waals surface area contributed by atoms with E-state index in [1.807, 2.05) is 33.9 Å². The summed E-state index contributed by atoms with van der Waals surface area (Å²) in [5.74, 6) is -5.43. The molecule has 4 aliphatic heterocycles. The molecule has 2 atom stereocenters. The summed E-state index contributed by atoms with van der Waals surface area (Å²) in [4.78, 5) is 63.8. The number of aromatic nitrogens is 2. The molecule has 0 saturated carbocycles. The lowest BCUT2D eigenvalue weighted by Crippen LogP contribution is -2.52. The van der Waals surface area contributed by atoms with E-state index >= 15 is 13.2 Å². The minimum absolute atomic E-state index is 0.00866. The second-order valence-corrected chi connectivity index (χ2v) is 17.6. The SMILES string of the molecule is O=C1CCC(N2Cc3cc(N4CCN(CCc5ccc(-c6cnc7[nH]cc(C(=O)c8c(F)ccc(NS(=O)(=O)N9CC[C@@H](F)C9)c8F)c7c6)cc5)CC4)c(F)cc3C2=O)C(=O)N1. The zero-order valence-corrected chi connectivity index (χ0v) is 33.9. The average Bonchev–Trinajstić information content (AvgIpc) is 3.98. The molecule has 2 aromatic heterocycles. The molecule has 5 aromatic rings. The number of benzene rings is 3. The van der Waals surface area contributed by atoms with Crippen LogP contribution in [-0.2, 0) is 32.8 Å². The number of ketones is 1. The van der Waals surface area contributed by atoms with Crippen molar-refractivity contribution in [3.63, 3.8) is 0 Å². The molecule has 3 saturated heterocycles. The Morgan fingerprint density at radius 3 is 2.40 bits per heavy atom. The fourth-order valence-electron chi connectivity index (χ4n) is 8.61. The van der Waals surface area contributed by atoms with Crippen molar-refractivity contribution in [2.75, 3.05) is 55.4 Å². The van der Waals surface area contributed by atoms with Gasteiger partial charge in [0.15, 0.2) is 5.82 Å². The van der Waals surface area contributed by atoms with Crippen LogP contribution in [0.15, 0.2) is 67.0 Å². The van der Waals surface area contributed by atoms with Crippen molar-refractivity contribution in [2.45, 2.75) is 44.4 Å². The first-order valence-corrected chi connectivity index (χ1v) is 21.6. The Bertz CT molecular complexity index is 2760. The Hall–Kier alpha value is -6.18. The number of alkyl halides is 1. The van der Waals surface area contributed by atoms with Crippen LogP contribution in [0.4, 0.5) is 28.9 Å². The third-order valence-electron chi connectivity index (χ3n) is 12.1. The molecule has 9 rings (SSSR count). The number of imide groups is 1. The fraction of sp³-hybridized carbons (Fsp3) is 0.326. The summed E-state index contributed by atoms with van der Waals surface area (Å²) in [5.41, 5.74) is 2.39. The van der Waals surface area contributed by atoms with Crippen molar-refractivity contribution in [3.05, 3.63) is 112 Å². The van der Waals surface area contributed by atoms with Gasteiger partial charge in [-0.25, -0.2) is 22.5 Å². The lowest BCUT2D eigenvalue weighted by atomic mass is 9.99. The van der Waals surface area contributed by atoms with Crippen molar-refractivity contribution in [3.8, 4) is 11.1 Å². The number of nitrogens with zero attached hydrogens (tertiary/aromatic N) is 5. The lowest BCUT2D eigenvalue weighted by Gasteiger charge is -2.36. The molecule has 0 spiro atoms. The number of rotatable bonds is 11. The van der Waals surface area contributed by atoms with Gasteiger partial charge in [0, 0.05) is 93.2 Å². The van der Waals surface area contributed by atoms with Crippen LogP contribution >= 0.6 is 0 Å². The van der Waals surface area contributed by atoms with E-state index in [1.165, 1.54) is 17.2 Å². The van der Waals surface area contributed by atoms with Gasteiger partial charge in [-0.05, 0) is 66.3 Å². The number of fused-ring (bicyclic) bond motifs is 2. The minimum Gasteiger partial charge on any atom is -0.367 e. The molecule has 62 heavy (non-hydrogen) atoms. The van der Waals surface area contributed by atoms with E-state index in [1.54, 1.807) is 18.3 Å².